The number of carbonyl (C=O) groups is 1. The summed E-state index contributed by atoms with van der Waals surface area (Å²) in [5.41, 5.74) is 0.435. The molecule has 0 aromatic carbocycles. The number of allylic oxidation sites excluding steroid dienone is 9. The largest absolute Gasteiger partial charge is 0.478 e. The Balaban J connectivity index is 0.000000181. The van der Waals surface area contributed by atoms with Crippen molar-refractivity contribution in [3.63, 3.8) is 0 Å². The van der Waals surface area contributed by atoms with Crippen LogP contribution in [0.2, 0.25) is 0 Å². The van der Waals surface area contributed by atoms with E-state index in [1.165, 1.54) is 0 Å². The van der Waals surface area contributed by atoms with Gasteiger partial charge >= 0.3 is 5.97 Å². The van der Waals surface area contributed by atoms with Crippen molar-refractivity contribution < 1.29 is 9.90 Å². The Hall–Kier alpha value is -2.29. The Kier molecular flexibility index (Phi) is 5.96. The van der Waals surface area contributed by atoms with Crippen LogP contribution in [0.15, 0.2) is 72.7 Å². The summed E-state index contributed by atoms with van der Waals surface area (Å²) >= 11 is 0. The van der Waals surface area contributed by atoms with Crippen molar-refractivity contribution in [2.24, 2.45) is 0 Å². The molecule has 0 fully saturated rings. The van der Waals surface area contributed by atoms with Gasteiger partial charge < -0.3 is 10.4 Å². The van der Waals surface area contributed by atoms with Crippen molar-refractivity contribution in [3.8, 4) is 0 Å². The first-order valence-corrected chi connectivity index (χ1v) is 5.31. The predicted molar refractivity (Wildman–Crippen MR) is 69.2 cm³/mol. The Morgan fingerprint density at radius 2 is 1.65 bits per heavy atom. The SMILES string of the molecule is C1=CC=CNC=C1.O=C(O)C1=CC=CC=CC1. The number of hydrogen-bond donors (Lipinski definition) is 2. The van der Waals surface area contributed by atoms with Gasteiger partial charge in [0.2, 0.25) is 0 Å². The van der Waals surface area contributed by atoms with Crippen molar-refractivity contribution >= 4 is 5.97 Å². The summed E-state index contributed by atoms with van der Waals surface area (Å²) in [4.78, 5) is 10.4. The third kappa shape index (κ3) is 5.99. The highest BCUT2D eigenvalue weighted by Gasteiger charge is 2.03. The van der Waals surface area contributed by atoms with Gasteiger partial charge in [-0.2, -0.15) is 0 Å². The fourth-order valence-electron chi connectivity index (χ4n) is 1.14. The Morgan fingerprint density at radius 3 is 2.29 bits per heavy atom. The van der Waals surface area contributed by atoms with Crippen LogP contribution in [0.1, 0.15) is 6.42 Å². The minimum Gasteiger partial charge on any atom is -0.478 e. The lowest BCUT2D eigenvalue weighted by atomic mass is 10.2. The van der Waals surface area contributed by atoms with Gasteiger partial charge in [-0.1, -0.05) is 42.5 Å². The Labute approximate surface area is 101 Å². The first-order valence-electron chi connectivity index (χ1n) is 5.31. The summed E-state index contributed by atoms with van der Waals surface area (Å²) in [6.07, 6.45) is 20.9. The summed E-state index contributed by atoms with van der Waals surface area (Å²) in [6, 6.07) is 0. The quantitative estimate of drug-likeness (QED) is 0.726. The lowest BCUT2D eigenvalue weighted by molar-refractivity contribution is -0.132. The molecule has 1 heterocycles. The van der Waals surface area contributed by atoms with Gasteiger partial charge in [0.25, 0.3) is 0 Å². The molecule has 3 nitrogen and oxygen atoms in total. The van der Waals surface area contributed by atoms with E-state index in [1.807, 2.05) is 54.9 Å². The van der Waals surface area contributed by atoms with E-state index in [1.54, 1.807) is 12.2 Å². The maximum absolute atomic E-state index is 10.4. The van der Waals surface area contributed by atoms with Crippen molar-refractivity contribution in [1.29, 1.82) is 0 Å². The van der Waals surface area contributed by atoms with Gasteiger partial charge in [-0.3, -0.25) is 0 Å². The molecule has 0 bridgehead atoms. The van der Waals surface area contributed by atoms with E-state index >= 15 is 0 Å². The van der Waals surface area contributed by atoms with Crippen LogP contribution in [0.5, 0.6) is 0 Å². The fraction of sp³-hybridized carbons (Fsp3) is 0.0714. The number of carboxylic acids is 1. The van der Waals surface area contributed by atoms with E-state index in [-0.39, 0.29) is 0 Å². The highest BCUT2D eigenvalue weighted by molar-refractivity contribution is 5.87. The summed E-state index contributed by atoms with van der Waals surface area (Å²) < 4.78 is 0. The number of hydrogen-bond acceptors (Lipinski definition) is 2. The molecule has 2 rings (SSSR count). The number of aliphatic carboxylic acids is 1. The minimum absolute atomic E-state index is 0.435. The molecule has 0 aromatic heterocycles. The molecule has 0 atom stereocenters. The molecule has 0 amide bonds. The maximum atomic E-state index is 10.4. The van der Waals surface area contributed by atoms with Crippen LogP contribution in [0.25, 0.3) is 0 Å². The fourth-order valence-corrected chi connectivity index (χ4v) is 1.14. The Morgan fingerprint density at radius 1 is 1.00 bits per heavy atom. The minimum atomic E-state index is -0.837. The van der Waals surface area contributed by atoms with Gasteiger partial charge in [0.05, 0.1) is 0 Å². The van der Waals surface area contributed by atoms with Crippen LogP contribution >= 0.6 is 0 Å². The van der Waals surface area contributed by atoms with Gasteiger partial charge in [0, 0.05) is 18.0 Å². The molecule has 0 spiro atoms. The average molecular weight is 229 g/mol. The van der Waals surface area contributed by atoms with Gasteiger partial charge in [0.15, 0.2) is 0 Å². The van der Waals surface area contributed by atoms with E-state index in [0.29, 0.717) is 12.0 Å². The second kappa shape index (κ2) is 7.93. The van der Waals surface area contributed by atoms with E-state index in [2.05, 4.69) is 5.32 Å². The van der Waals surface area contributed by atoms with E-state index in [9.17, 15) is 4.79 Å². The summed E-state index contributed by atoms with van der Waals surface area (Å²) in [7, 11) is 0. The maximum Gasteiger partial charge on any atom is 0.331 e. The van der Waals surface area contributed by atoms with Crippen molar-refractivity contribution in [1.82, 2.24) is 5.32 Å². The molecular formula is C14H15NO2. The predicted octanol–water partition coefficient (Wildman–Crippen LogP) is 2.69. The van der Waals surface area contributed by atoms with Crippen LogP contribution in [-0.2, 0) is 4.79 Å². The highest BCUT2D eigenvalue weighted by atomic mass is 16.4. The third-order valence-corrected chi connectivity index (χ3v) is 1.99. The number of rotatable bonds is 1. The molecule has 3 heteroatoms. The summed E-state index contributed by atoms with van der Waals surface area (Å²) in [6.45, 7) is 0. The van der Waals surface area contributed by atoms with Crippen molar-refractivity contribution in [3.05, 3.63) is 72.7 Å². The molecule has 0 saturated carbocycles. The zero-order valence-corrected chi connectivity index (χ0v) is 9.41. The van der Waals surface area contributed by atoms with E-state index in [0.717, 1.165) is 0 Å². The molecule has 1 aliphatic heterocycles. The molecule has 2 aliphatic rings. The van der Waals surface area contributed by atoms with Crippen LogP contribution in [0, 0.1) is 0 Å². The average Bonchev–Trinajstić information content (AvgIpc) is 2.77. The first-order chi connectivity index (χ1) is 8.30. The van der Waals surface area contributed by atoms with Gasteiger partial charge in [-0.05, 0) is 18.6 Å². The Bertz CT molecular complexity index is 410. The van der Waals surface area contributed by atoms with Crippen LogP contribution < -0.4 is 5.32 Å². The highest BCUT2D eigenvalue weighted by Crippen LogP contribution is 2.06. The first kappa shape index (κ1) is 12.8. The van der Waals surface area contributed by atoms with Crippen LogP contribution in [-0.4, -0.2) is 11.1 Å². The van der Waals surface area contributed by atoms with Crippen LogP contribution in [0.3, 0.4) is 0 Å². The van der Waals surface area contributed by atoms with Crippen molar-refractivity contribution in [2.75, 3.05) is 0 Å². The number of carboxylic acid groups (broad SMARTS) is 1. The monoisotopic (exact) mass is 229 g/mol. The van der Waals surface area contributed by atoms with Crippen LogP contribution in [0.4, 0.5) is 0 Å². The molecule has 17 heavy (non-hydrogen) atoms. The second-order valence-electron chi connectivity index (χ2n) is 3.28. The van der Waals surface area contributed by atoms with Gasteiger partial charge in [-0.25, -0.2) is 4.79 Å². The lowest BCUT2D eigenvalue weighted by Gasteiger charge is -1.92. The third-order valence-electron chi connectivity index (χ3n) is 1.99. The zero-order valence-electron chi connectivity index (χ0n) is 9.41. The van der Waals surface area contributed by atoms with Gasteiger partial charge in [0.1, 0.15) is 0 Å². The normalized spacial score (nSPS) is 16.1. The molecule has 0 radical (unpaired) electrons. The summed E-state index contributed by atoms with van der Waals surface area (Å²) in [5, 5.41) is 11.5. The second-order valence-corrected chi connectivity index (χ2v) is 3.28. The topological polar surface area (TPSA) is 49.3 Å². The summed E-state index contributed by atoms with van der Waals surface area (Å²) in [5.74, 6) is -0.837. The molecule has 88 valence electrons. The van der Waals surface area contributed by atoms with Crippen molar-refractivity contribution in [2.45, 2.75) is 6.42 Å². The number of nitrogens with one attached hydrogen (secondary N) is 1. The molecule has 2 N–H and O–H groups in total. The standard InChI is InChI=1S/C8H8O2.C6H7N/c9-8(10)7-5-3-1-2-4-6-7;1-2-4-6-7-5-3-1/h1-5H,6H2,(H,9,10);1-7H. The van der Waals surface area contributed by atoms with Gasteiger partial charge in [-0.15, -0.1) is 0 Å². The molecule has 1 aliphatic carbocycles. The zero-order chi connectivity index (χ0) is 12.3. The molecule has 0 saturated heterocycles. The molecular weight excluding hydrogens is 214 g/mol. The molecule has 0 unspecified atom stereocenters. The van der Waals surface area contributed by atoms with E-state index < -0.39 is 5.97 Å². The lowest BCUT2D eigenvalue weighted by Crippen LogP contribution is -1.98. The van der Waals surface area contributed by atoms with E-state index in [4.69, 9.17) is 5.11 Å². The smallest absolute Gasteiger partial charge is 0.331 e. The molecule has 0 aromatic rings.